The molecule has 1 atom stereocenters. The number of ether oxygens (including phenoxy) is 1. The summed E-state index contributed by atoms with van der Waals surface area (Å²) in [4.78, 5) is 10.9. The van der Waals surface area contributed by atoms with Crippen molar-refractivity contribution in [3.8, 4) is 0 Å². The molecule has 0 aromatic carbocycles. The molecule has 0 aliphatic carbocycles. The van der Waals surface area contributed by atoms with Gasteiger partial charge in [0, 0.05) is 6.42 Å². The van der Waals surface area contributed by atoms with Gasteiger partial charge in [0.2, 0.25) is 0 Å². The molecular formula is C18H34O3. The van der Waals surface area contributed by atoms with Gasteiger partial charge in [-0.05, 0) is 19.3 Å². The van der Waals surface area contributed by atoms with Crippen LogP contribution in [0.3, 0.4) is 0 Å². The van der Waals surface area contributed by atoms with Crippen LogP contribution < -0.4 is 0 Å². The van der Waals surface area contributed by atoms with E-state index in [2.05, 4.69) is 17.7 Å². The Labute approximate surface area is 130 Å². The monoisotopic (exact) mass is 298 g/mol. The minimum atomic E-state index is -0.255. The maximum atomic E-state index is 10.9. The summed E-state index contributed by atoms with van der Waals surface area (Å²) in [6.45, 7) is 2.15. The Morgan fingerprint density at radius 2 is 1.62 bits per heavy atom. The molecule has 0 aliphatic rings. The number of esters is 1. The standard InChI is InChI=1S/C18H34O3/c1-3-4-11-14-17(19)15-12-9-7-5-6-8-10-13-16-18(20)21-2/h11,14,17,19H,3-10,12-13,15-16H2,1-2H3/b14-11-/t17-/m0/s1. The van der Waals surface area contributed by atoms with Crippen LogP contribution in [0, 0.1) is 0 Å². The first-order valence-electron chi connectivity index (χ1n) is 8.62. The number of carbonyl (C=O) groups is 1. The number of methoxy groups -OCH3 is 1. The van der Waals surface area contributed by atoms with Crippen molar-refractivity contribution in [1.29, 1.82) is 0 Å². The van der Waals surface area contributed by atoms with Gasteiger partial charge in [-0.1, -0.05) is 70.4 Å². The van der Waals surface area contributed by atoms with Crippen molar-refractivity contribution >= 4 is 5.97 Å². The molecule has 0 aromatic heterocycles. The smallest absolute Gasteiger partial charge is 0.305 e. The Hall–Kier alpha value is -0.830. The number of hydrogen-bond acceptors (Lipinski definition) is 3. The third-order valence-corrected chi connectivity index (χ3v) is 3.67. The fourth-order valence-corrected chi connectivity index (χ4v) is 2.30. The maximum Gasteiger partial charge on any atom is 0.305 e. The first-order valence-corrected chi connectivity index (χ1v) is 8.62. The summed E-state index contributed by atoms with van der Waals surface area (Å²) in [5.41, 5.74) is 0. The first-order chi connectivity index (χ1) is 10.2. The van der Waals surface area contributed by atoms with Crippen LogP contribution in [0.2, 0.25) is 0 Å². The Morgan fingerprint density at radius 3 is 2.19 bits per heavy atom. The number of hydrogen-bond donors (Lipinski definition) is 1. The summed E-state index contributed by atoms with van der Waals surface area (Å²) >= 11 is 0. The van der Waals surface area contributed by atoms with Crippen LogP contribution in [0.15, 0.2) is 12.2 Å². The maximum absolute atomic E-state index is 10.9. The highest BCUT2D eigenvalue weighted by atomic mass is 16.5. The third-order valence-electron chi connectivity index (χ3n) is 3.67. The van der Waals surface area contributed by atoms with E-state index in [0.29, 0.717) is 6.42 Å². The Bertz CT molecular complexity index is 261. The average molecular weight is 298 g/mol. The zero-order valence-corrected chi connectivity index (χ0v) is 14.0. The highest BCUT2D eigenvalue weighted by molar-refractivity contribution is 5.68. The third kappa shape index (κ3) is 15.4. The Balaban J connectivity index is 3.20. The number of aliphatic hydroxyl groups is 1. The van der Waals surface area contributed by atoms with Crippen molar-refractivity contribution in [3.05, 3.63) is 12.2 Å². The van der Waals surface area contributed by atoms with Crippen LogP contribution in [0.25, 0.3) is 0 Å². The zero-order valence-electron chi connectivity index (χ0n) is 14.0. The van der Waals surface area contributed by atoms with Crippen LogP contribution in [0.4, 0.5) is 0 Å². The molecule has 3 heteroatoms. The fraction of sp³-hybridized carbons (Fsp3) is 0.833. The second-order valence-corrected chi connectivity index (χ2v) is 5.73. The van der Waals surface area contributed by atoms with Crippen molar-refractivity contribution in [2.24, 2.45) is 0 Å². The van der Waals surface area contributed by atoms with Crippen LogP contribution in [-0.4, -0.2) is 24.3 Å². The molecule has 0 fully saturated rings. The van der Waals surface area contributed by atoms with Gasteiger partial charge in [0.1, 0.15) is 0 Å². The van der Waals surface area contributed by atoms with Gasteiger partial charge < -0.3 is 9.84 Å². The van der Waals surface area contributed by atoms with Gasteiger partial charge >= 0.3 is 5.97 Å². The highest BCUT2D eigenvalue weighted by Gasteiger charge is 2.00. The van der Waals surface area contributed by atoms with Gasteiger partial charge in [0.25, 0.3) is 0 Å². The summed E-state index contributed by atoms with van der Waals surface area (Å²) in [6.07, 6.45) is 16.8. The lowest BCUT2D eigenvalue weighted by molar-refractivity contribution is -0.140. The molecule has 3 nitrogen and oxygen atoms in total. The number of allylic oxidation sites excluding steroid dienone is 1. The predicted molar refractivity (Wildman–Crippen MR) is 88.2 cm³/mol. The summed E-state index contributed by atoms with van der Waals surface area (Å²) < 4.78 is 4.61. The normalized spacial score (nSPS) is 12.7. The van der Waals surface area contributed by atoms with E-state index in [9.17, 15) is 9.90 Å². The van der Waals surface area contributed by atoms with E-state index < -0.39 is 0 Å². The molecule has 0 amide bonds. The lowest BCUT2D eigenvalue weighted by Crippen LogP contribution is -2.01. The molecule has 0 bridgehead atoms. The Morgan fingerprint density at radius 1 is 1.05 bits per heavy atom. The minimum Gasteiger partial charge on any atom is -0.469 e. The van der Waals surface area contributed by atoms with Crippen LogP contribution >= 0.6 is 0 Å². The van der Waals surface area contributed by atoms with E-state index in [-0.39, 0.29) is 12.1 Å². The molecule has 21 heavy (non-hydrogen) atoms. The van der Waals surface area contributed by atoms with E-state index in [1.165, 1.54) is 39.2 Å². The van der Waals surface area contributed by atoms with E-state index in [1.807, 2.05) is 6.08 Å². The molecule has 0 aliphatic heterocycles. The lowest BCUT2D eigenvalue weighted by Gasteiger charge is -2.05. The molecule has 0 spiro atoms. The molecule has 0 heterocycles. The van der Waals surface area contributed by atoms with Gasteiger partial charge in [0.15, 0.2) is 0 Å². The van der Waals surface area contributed by atoms with Crippen LogP contribution in [-0.2, 0) is 9.53 Å². The Kier molecular flexibility index (Phi) is 14.9. The largest absolute Gasteiger partial charge is 0.469 e. The quantitative estimate of drug-likeness (QED) is 0.285. The van der Waals surface area contributed by atoms with E-state index in [0.717, 1.165) is 38.5 Å². The van der Waals surface area contributed by atoms with Gasteiger partial charge in [-0.2, -0.15) is 0 Å². The second kappa shape index (κ2) is 15.6. The number of aliphatic hydroxyl groups excluding tert-OH is 1. The predicted octanol–water partition coefficient (Wildman–Crippen LogP) is 4.78. The van der Waals surface area contributed by atoms with E-state index >= 15 is 0 Å². The van der Waals surface area contributed by atoms with E-state index in [1.54, 1.807) is 0 Å². The molecule has 0 saturated heterocycles. The van der Waals surface area contributed by atoms with Crippen LogP contribution in [0.5, 0.6) is 0 Å². The van der Waals surface area contributed by atoms with Crippen molar-refractivity contribution in [3.63, 3.8) is 0 Å². The average Bonchev–Trinajstić information content (AvgIpc) is 2.49. The summed E-state index contributed by atoms with van der Waals surface area (Å²) in [5, 5.41) is 9.72. The number of carbonyl (C=O) groups excluding carboxylic acids is 1. The van der Waals surface area contributed by atoms with Crippen molar-refractivity contribution < 1.29 is 14.6 Å². The number of unbranched alkanes of at least 4 members (excludes halogenated alkanes) is 8. The molecule has 0 unspecified atom stereocenters. The molecular weight excluding hydrogens is 264 g/mol. The molecule has 124 valence electrons. The van der Waals surface area contributed by atoms with Gasteiger partial charge in [-0.25, -0.2) is 0 Å². The minimum absolute atomic E-state index is 0.0958. The first kappa shape index (κ1) is 20.2. The highest BCUT2D eigenvalue weighted by Crippen LogP contribution is 2.12. The van der Waals surface area contributed by atoms with Gasteiger partial charge in [-0.3, -0.25) is 4.79 Å². The molecule has 0 radical (unpaired) electrons. The van der Waals surface area contributed by atoms with Crippen molar-refractivity contribution in [2.45, 2.75) is 90.1 Å². The van der Waals surface area contributed by atoms with Crippen molar-refractivity contribution in [2.75, 3.05) is 7.11 Å². The second-order valence-electron chi connectivity index (χ2n) is 5.73. The van der Waals surface area contributed by atoms with Crippen LogP contribution in [0.1, 0.15) is 84.0 Å². The van der Waals surface area contributed by atoms with E-state index in [4.69, 9.17) is 0 Å². The topological polar surface area (TPSA) is 46.5 Å². The zero-order chi connectivity index (χ0) is 15.8. The molecule has 0 rings (SSSR count). The molecule has 0 aromatic rings. The molecule has 1 N–H and O–H groups in total. The molecule has 0 saturated carbocycles. The van der Waals surface area contributed by atoms with Gasteiger partial charge in [-0.15, -0.1) is 0 Å². The lowest BCUT2D eigenvalue weighted by atomic mass is 10.0. The number of rotatable bonds is 14. The summed E-state index contributed by atoms with van der Waals surface area (Å²) in [6, 6.07) is 0. The van der Waals surface area contributed by atoms with Gasteiger partial charge in [0.05, 0.1) is 13.2 Å². The van der Waals surface area contributed by atoms with Crippen molar-refractivity contribution in [1.82, 2.24) is 0 Å². The summed E-state index contributed by atoms with van der Waals surface area (Å²) in [5.74, 6) is -0.0958. The summed E-state index contributed by atoms with van der Waals surface area (Å²) in [7, 11) is 1.44. The SMILES string of the molecule is CCC/C=C\[C@H](O)CCCCCCCCCCC(=O)OC. The fourth-order valence-electron chi connectivity index (χ4n) is 2.30.